The molecule has 0 aromatic rings. The molecule has 0 spiro atoms. The number of hydrogen-bond donors (Lipinski definition) is 1. The van der Waals surface area contributed by atoms with Crippen LogP contribution >= 0.6 is 0 Å². The fourth-order valence-corrected chi connectivity index (χ4v) is 2.55. The Hall–Kier alpha value is -0.530. The van der Waals surface area contributed by atoms with E-state index in [1.165, 1.54) is 12.8 Å². The van der Waals surface area contributed by atoms with Gasteiger partial charge in [-0.3, -0.25) is 4.79 Å². The fraction of sp³-hybridized carbons (Fsp3) is 0.857. The van der Waals surface area contributed by atoms with Gasteiger partial charge in [0.15, 0.2) is 0 Å². The van der Waals surface area contributed by atoms with E-state index >= 15 is 0 Å². The van der Waals surface area contributed by atoms with Crippen molar-refractivity contribution in [1.29, 1.82) is 0 Å². The quantitative estimate of drug-likeness (QED) is 0.487. The standard InChI is InChI=1S/C7H9NO/c9-7-3-1-4-5(2-3)6(4)8-7/h3-6H,1-2H2,(H,8,9)/t3?,4-,5+,6?. The van der Waals surface area contributed by atoms with E-state index in [9.17, 15) is 4.79 Å². The first-order valence-corrected chi connectivity index (χ1v) is 3.66. The second-order valence-electron chi connectivity index (χ2n) is 3.53. The SMILES string of the molecule is O=C1NC2[C@H]3CC1C[C@@H]23. The van der Waals surface area contributed by atoms with Crippen molar-refractivity contribution in [1.82, 2.24) is 5.32 Å². The molecule has 0 aromatic heterocycles. The highest BCUT2D eigenvalue weighted by Gasteiger charge is 2.62. The zero-order valence-electron chi connectivity index (χ0n) is 5.13. The Kier molecular flexibility index (Phi) is 0.491. The van der Waals surface area contributed by atoms with Crippen LogP contribution in [-0.4, -0.2) is 11.9 Å². The molecule has 4 atom stereocenters. The lowest BCUT2D eigenvalue weighted by atomic mass is 9.97. The van der Waals surface area contributed by atoms with E-state index in [-0.39, 0.29) is 0 Å². The number of piperidine rings is 2. The van der Waals surface area contributed by atoms with Gasteiger partial charge in [0.25, 0.3) is 0 Å². The molecule has 4 rings (SSSR count). The minimum atomic E-state index is 0.324. The summed E-state index contributed by atoms with van der Waals surface area (Å²) in [6.45, 7) is 0. The van der Waals surface area contributed by atoms with E-state index in [4.69, 9.17) is 0 Å². The monoisotopic (exact) mass is 123 g/mol. The Bertz CT molecular complexity index is 177. The first-order chi connectivity index (χ1) is 4.36. The number of amides is 1. The summed E-state index contributed by atoms with van der Waals surface area (Å²) in [4.78, 5) is 11.0. The second kappa shape index (κ2) is 1.02. The van der Waals surface area contributed by atoms with Crippen LogP contribution in [0.15, 0.2) is 0 Å². The summed E-state index contributed by atoms with van der Waals surface area (Å²) in [6, 6.07) is 0.613. The van der Waals surface area contributed by atoms with Gasteiger partial charge in [-0.1, -0.05) is 0 Å². The molecule has 2 heteroatoms. The number of fused-ring (bicyclic) bond motifs is 1. The average Bonchev–Trinajstić information content (AvgIpc) is 2.43. The zero-order chi connectivity index (χ0) is 6.01. The molecular weight excluding hydrogens is 114 g/mol. The lowest BCUT2D eigenvalue weighted by Crippen LogP contribution is -2.40. The van der Waals surface area contributed by atoms with Gasteiger partial charge in [-0.25, -0.2) is 0 Å². The second-order valence-corrected chi connectivity index (χ2v) is 3.53. The van der Waals surface area contributed by atoms with Crippen molar-refractivity contribution in [2.24, 2.45) is 17.8 Å². The predicted molar refractivity (Wildman–Crippen MR) is 31.6 cm³/mol. The molecule has 2 aliphatic heterocycles. The molecule has 48 valence electrons. The molecule has 2 unspecified atom stereocenters. The van der Waals surface area contributed by atoms with Crippen LogP contribution in [0.2, 0.25) is 0 Å². The van der Waals surface area contributed by atoms with Gasteiger partial charge in [-0.15, -0.1) is 0 Å². The third-order valence-electron chi connectivity index (χ3n) is 3.12. The maximum atomic E-state index is 11.0. The summed E-state index contributed by atoms with van der Waals surface area (Å²) in [7, 11) is 0. The normalized spacial score (nSPS) is 59.3. The van der Waals surface area contributed by atoms with Crippen molar-refractivity contribution >= 4 is 5.91 Å². The van der Waals surface area contributed by atoms with Crippen LogP contribution in [0, 0.1) is 17.8 Å². The number of carbonyl (C=O) groups excluding carboxylic acids is 1. The predicted octanol–water partition coefficient (Wildman–Crippen LogP) is 0.141. The summed E-state index contributed by atoms with van der Waals surface area (Å²) in [5, 5.41) is 3.01. The highest BCUT2D eigenvalue weighted by molar-refractivity contribution is 5.82. The maximum Gasteiger partial charge on any atom is 0.223 e. The topological polar surface area (TPSA) is 29.1 Å². The van der Waals surface area contributed by atoms with Gasteiger partial charge < -0.3 is 5.32 Å². The van der Waals surface area contributed by atoms with Crippen molar-refractivity contribution < 1.29 is 4.79 Å². The van der Waals surface area contributed by atoms with Crippen molar-refractivity contribution in [2.75, 3.05) is 0 Å². The summed E-state index contributed by atoms with van der Waals surface area (Å²) in [5.41, 5.74) is 0. The lowest BCUT2D eigenvalue weighted by Gasteiger charge is -2.21. The van der Waals surface area contributed by atoms with Crippen molar-refractivity contribution in [3.8, 4) is 0 Å². The molecule has 4 aliphatic rings. The third kappa shape index (κ3) is 0.345. The van der Waals surface area contributed by atoms with Crippen LogP contribution < -0.4 is 5.32 Å². The highest BCUT2D eigenvalue weighted by atomic mass is 16.2. The Labute approximate surface area is 53.6 Å². The van der Waals surface area contributed by atoms with Crippen LogP contribution in [0.5, 0.6) is 0 Å². The van der Waals surface area contributed by atoms with Gasteiger partial charge in [-0.05, 0) is 24.7 Å². The van der Waals surface area contributed by atoms with Gasteiger partial charge in [0, 0.05) is 12.0 Å². The summed E-state index contributed by atoms with van der Waals surface area (Å²) >= 11 is 0. The Morgan fingerprint density at radius 2 is 2.00 bits per heavy atom. The molecule has 2 aliphatic carbocycles. The van der Waals surface area contributed by atoms with Crippen LogP contribution in [0.25, 0.3) is 0 Å². The molecule has 2 saturated heterocycles. The van der Waals surface area contributed by atoms with Gasteiger partial charge >= 0.3 is 0 Å². The Morgan fingerprint density at radius 3 is 2.33 bits per heavy atom. The highest BCUT2D eigenvalue weighted by Crippen LogP contribution is 2.57. The fourth-order valence-electron chi connectivity index (χ4n) is 2.55. The minimum absolute atomic E-state index is 0.324. The molecule has 4 fully saturated rings. The molecule has 4 bridgehead atoms. The van der Waals surface area contributed by atoms with Gasteiger partial charge in [0.05, 0.1) is 0 Å². The van der Waals surface area contributed by atoms with Gasteiger partial charge in [0.2, 0.25) is 5.91 Å². The zero-order valence-corrected chi connectivity index (χ0v) is 5.13. The number of carbonyl (C=O) groups is 1. The van der Waals surface area contributed by atoms with E-state index < -0.39 is 0 Å². The molecule has 1 N–H and O–H groups in total. The summed E-state index contributed by atoms with van der Waals surface area (Å²) < 4.78 is 0. The maximum absolute atomic E-state index is 11.0. The van der Waals surface area contributed by atoms with Crippen LogP contribution in [-0.2, 0) is 4.79 Å². The third-order valence-corrected chi connectivity index (χ3v) is 3.12. The molecule has 2 nitrogen and oxygen atoms in total. The van der Waals surface area contributed by atoms with E-state index in [1.807, 2.05) is 0 Å². The largest absolute Gasteiger partial charge is 0.353 e. The van der Waals surface area contributed by atoms with Crippen molar-refractivity contribution in [3.63, 3.8) is 0 Å². The number of nitrogens with one attached hydrogen (secondary N) is 1. The first-order valence-electron chi connectivity index (χ1n) is 3.66. The molecule has 9 heavy (non-hydrogen) atoms. The van der Waals surface area contributed by atoms with Crippen molar-refractivity contribution in [3.05, 3.63) is 0 Å². The summed E-state index contributed by atoms with van der Waals surface area (Å²) in [5.74, 6) is 2.52. The average molecular weight is 123 g/mol. The molecule has 2 saturated carbocycles. The molecule has 0 aromatic carbocycles. The van der Waals surface area contributed by atoms with Crippen molar-refractivity contribution in [2.45, 2.75) is 18.9 Å². The van der Waals surface area contributed by atoms with Crippen LogP contribution in [0.4, 0.5) is 0 Å². The van der Waals surface area contributed by atoms with Gasteiger partial charge in [-0.2, -0.15) is 0 Å². The molecule has 0 radical (unpaired) electrons. The molecule has 1 amide bonds. The molecular formula is C7H9NO. The number of hydrogen-bond acceptors (Lipinski definition) is 1. The van der Waals surface area contributed by atoms with E-state index in [0.717, 1.165) is 11.8 Å². The Morgan fingerprint density at radius 1 is 1.33 bits per heavy atom. The lowest BCUT2D eigenvalue weighted by molar-refractivity contribution is -0.127. The summed E-state index contributed by atoms with van der Waals surface area (Å²) in [6.07, 6.45) is 2.39. The van der Waals surface area contributed by atoms with E-state index in [0.29, 0.717) is 17.9 Å². The van der Waals surface area contributed by atoms with E-state index in [2.05, 4.69) is 5.32 Å². The molecule has 2 heterocycles. The minimum Gasteiger partial charge on any atom is -0.353 e. The smallest absolute Gasteiger partial charge is 0.223 e. The van der Waals surface area contributed by atoms with Crippen LogP contribution in [0.3, 0.4) is 0 Å². The Balaban J connectivity index is 2.01. The van der Waals surface area contributed by atoms with E-state index in [1.54, 1.807) is 0 Å². The number of rotatable bonds is 0. The first kappa shape index (κ1) is 4.31. The van der Waals surface area contributed by atoms with Gasteiger partial charge in [0.1, 0.15) is 0 Å². The van der Waals surface area contributed by atoms with Crippen LogP contribution in [0.1, 0.15) is 12.8 Å².